The van der Waals surface area contributed by atoms with Crippen LogP contribution in [0.1, 0.15) is 27.7 Å². The lowest BCUT2D eigenvalue weighted by Crippen LogP contribution is -2.52. The molecule has 1 aliphatic rings. The van der Waals surface area contributed by atoms with Crippen molar-refractivity contribution in [2.75, 3.05) is 5.75 Å². The summed E-state index contributed by atoms with van der Waals surface area (Å²) in [5.41, 5.74) is 4.55. The summed E-state index contributed by atoms with van der Waals surface area (Å²) in [5.74, 6) is 1.15. The van der Waals surface area contributed by atoms with Crippen molar-refractivity contribution in [1.29, 1.82) is 0 Å². The van der Waals surface area contributed by atoms with E-state index in [0.29, 0.717) is 12.0 Å². The number of thioether (sulfide) groups is 1. The molecule has 0 unspecified atom stereocenters. The summed E-state index contributed by atoms with van der Waals surface area (Å²) in [6, 6.07) is 0.348. The maximum Gasteiger partial charge on any atom is 0.242 e. The van der Waals surface area contributed by atoms with Crippen molar-refractivity contribution in [3.63, 3.8) is 0 Å². The molecule has 5 heteroatoms. The third-order valence-corrected chi connectivity index (χ3v) is 3.47. The predicted octanol–water partition coefficient (Wildman–Crippen LogP) is 0.967. The summed E-state index contributed by atoms with van der Waals surface area (Å²) in [6.45, 7) is 7.83. The molecule has 15 heavy (non-hydrogen) atoms. The van der Waals surface area contributed by atoms with Gasteiger partial charge in [0.05, 0.1) is 6.04 Å². The Morgan fingerprint density at radius 2 is 2.27 bits per heavy atom. The van der Waals surface area contributed by atoms with E-state index in [1.54, 1.807) is 25.6 Å². The second-order valence-electron chi connectivity index (χ2n) is 4.67. The summed E-state index contributed by atoms with van der Waals surface area (Å²) in [5, 5.41) is 3.91. The average molecular weight is 229 g/mol. The summed E-state index contributed by atoms with van der Waals surface area (Å²) < 4.78 is 0. The van der Waals surface area contributed by atoms with Crippen LogP contribution in [0.3, 0.4) is 0 Å². The fraction of sp³-hybridized carbons (Fsp3) is 0.800. The van der Waals surface area contributed by atoms with Gasteiger partial charge < -0.3 is 11.1 Å². The minimum Gasteiger partial charge on any atom is -0.368 e. The molecule has 1 heterocycles. The highest BCUT2D eigenvalue weighted by Gasteiger charge is 2.29. The molecular formula is C10H19N3OS. The van der Waals surface area contributed by atoms with Crippen LogP contribution in [0, 0.1) is 5.92 Å². The van der Waals surface area contributed by atoms with Gasteiger partial charge in [0.15, 0.2) is 5.17 Å². The normalized spacial score (nSPS) is 21.7. The zero-order valence-corrected chi connectivity index (χ0v) is 10.5. The Labute approximate surface area is 95.1 Å². The minimum atomic E-state index is -0.725. The molecule has 3 N–H and O–H groups in total. The van der Waals surface area contributed by atoms with Crippen LogP contribution >= 0.6 is 11.8 Å². The molecule has 0 saturated heterocycles. The molecule has 0 spiro atoms. The number of hydrogen-bond acceptors (Lipinski definition) is 4. The Hall–Kier alpha value is -0.710. The van der Waals surface area contributed by atoms with Gasteiger partial charge in [-0.15, -0.1) is 0 Å². The summed E-state index contributed by atoms with van der Waals surface area (Å²) in [4.78, 5) is 15.6. The highest BCUT2D eigenvalue weighted by atomic mass is 32.2. The quantitative estimate of drug-likeness (QED) is 0.757. The Morgan fingerprint density at radius 3 is 2.67 bits per heavy atom. The molecule has 4 nitrogen and oxygen atoms in total. The van der Waals surface area contributed by atoms with Gasteiger partial charge in [0.25, 0.3) is 0 Å². The van der Waals surface area contributed by atoms with E-state index in [2.05, 4.69) is 24.2 Å². The number of amidine groups is 1. The number of primary amides is 1. The van der Waals surface area contributed by atoms with Crippen LogP contribution in [-0.2, 0) is 4.79 Å². The van der Waals surface area contributed by atoms with Crippen LogP contribution in [0.15, 0.2) is 4.99 Å². The smallest absolute Gasteiger partial charge is 0.242 e. The maximum atomic E-state index is 11.1. The van der Waals surface area contributed by atoms with E-state index in [-0.39, 0.29) is 5.91 Å². The van der Waals surface area contributed by atoms with E-state index in [4.69, 9.17) is 5.73 Å². The molecule has 0 fully saturated rings. The Morgan fingerprint density at radius 1 is 1.67 bits per heavy atom. The number of nitrogens with one attached hydrogen (secondary N) is 1. The molecule has 0 aromatic carbocycles. The molecule has 0 aromatic rings. The van der Waals surface area contributed by atoms with Crippen LogP contribution in [0.25, 0.3) is 0 Å². The highest BCUT2D eigenvalue weighted by Crippen LogP contribution is 2.23. The maximum absolute atomic E-state index is 11.1. The van der Waals surface area contributed by atoms with Gasteiger partial charge >= 0.3 is 0 Å². The molecule has 1 aliphatic heterocycles. The number of amides is 1. The number of carbonyl (C=O) groups is 1. The molecule has 1 atom stereocenters. The third kappa shape index (κ3) is 3.12. The van der Waals surface area contributed by atoms with Crippen LogP contribution in [-0.4, -0.2) is 28.4 Å². The highest BCUT2D eigenvalue weighted by molar-refractivity contribution is 8.14. The van der Waals surface area contributed by atoms with Crippen LogP contribution in [0.5, 0.6) is 0 Å². The zero-order chi connectivity index (χ0) is 11.6. The first-order valence-electron chi connectivity index (χ1n) is 5.11. The molecule has 0 aliphatic carbocycles. The lowest BCUT2D eigenvalue weighted by molar-refractivity contribution is -0.122. The predicted molar refractivity (Wildman–Crippen MR) is 64.9 cm³/mol. The van der Waals surface area contributed by atoms with Crippen molar-refractivity contribution in [2.24, 2.45) is 16.6 Å². The average Bonchev–Trinajstić information content (AvgIpc) is 2.51. The summed E-state index contributed by atoms with van der Waals surface area (Å²) >= 11 is 1.65. The van der Waals surface area contributed by atoms with E-state index < -0.39 is 5.54 Å². The molecule has 0 saturated carbocycles. The van der Waals surface area contributed by atoms with E-state index in [1.165, 1.54) is 0 Å². The molecule has 0 bridgehead atoms. The van der Waals surface area contributed by atoms with Gasteiger partial charge in [0.1, 0.15) is 5.54 Å². The topological polar surface area (TPSA) is 67.5 Å². The van der Waals surface area contributed by atoms with Crippen molar-refractivity contribution in [3.05, 3.63) is 0 Å². The molecule has 0 radical (unpaired) electrons. The third-order valence-electron chi connectivity index (χ3n) is 2.48. The first kappa shape index (κ1) is 12.4. The molecular weight excluding hydrogens is 210 g/mol. The van der Waals surface area contributed by atoms with Gasteiger partial charge in [-0.1, -0.05) is 25.6 Å². The molecule has 1 amide bonds. The fourth-order valence-corrected chi connectivity index (χ4v) is 2.45. The van der Waals surface area contributed by atoms with Gasteiger partial charge in [-0.05, 0) is 19.8 Å². The SMILES string of the molecule is CC(C)[C@H]1CSC(NC(C)(C)C(N)=O)=N1. The van der Waals surface area contributed by atoms with E-state index in [0.717, 1.165) is 10.9 Å². The number of nitrogens with two attached hydrogens (primary N) is 1. The number of rotatable bonds is 3. The van der Waals surface area contributed by atoms with Gasteiger partial charge in [-0.3, -0.25) is 9.79 Å². The molecule has 0 aromatic heterocycles. The Bertz CT molecular complexity index is 286. The Kier molecular flexibility index (Phi) is 3.65. The number of carbonyl (C=O) groups excluding carboxylic acids is 1. The van der Waals surface area contributed by atoms with E-state index in [1.807, 2.05) is 0 Å². The van der Waals surface area contributed by atoms with Crippen molar-refractivity contribution in [2.45, 2.75) is 39.3 Å². The van der Waals surface area contributed by atoms with Crippen LogP contribution in [0.4, 0.5) is 0 Å². The van der Waals surface area contributed by atoms with Crippen molar-refractivity contribution < 1.29 is 4.79 Å². The number of hydrogen-bond donors (Lipinski definition) is 2. The monoisotopic (exact) mass is 229 g/mol. The van der Waals surface area contributed by atoms with Crippen molar-refractivity contribution >= 4 is 22.8 Å². The lowest BCUT2D eigenvalue weighted by atomic mass is 10.1. The van der Waals surface area contributed by atoms with Crippen molar-refractivity contribution in [1.82, 2.24) is 5.32 Å². The van der Waals surface area contributed by atoms with Gasteiger partial charge in [-0.25, -0.2) is 0 Å². The molecule has 86 valence electrons. The van der Waals surface area contributed by atoms with Gasteiger partial charge in [0, 0.05) is 5.75 Å². The van der Waals surface area contributed by atoms with E-state index in [9.17, 15) is 4.79 Å². The van der Waals surface area contributed by atoms with Crippen LogP contribution < -0.4 is 11.1 Å². The largest absolute Gasteiger partial charge is 0.368 e. The van der Waals surface area contributed by atoms with Gasteiger partial charge in [-0.2, -0.15) is 0 Å². The summed E-state index contributed by atoms with van der Waals surface area (Å²) in [7, 11) is 0. The fourth-order valence-electron chi connectivity index (χ4n) is 1.13. The van der Waals surface area contributed by atoms with Crippen molar-refractivity contribution in [3.8, 4) is 0 Å². The zero-order valence-electron chi connectivity index (χ0n) is 9.70. The standard InChI is InChI=1S/C10H19N3OS/c1-6(2)7-5-15-9(12-7)13-10(3,4)8(11)14/h6-7H,5H2,1-4H3,(H2,11,14)(H,12,13)/t7-/m1/s1. The first-order valence-corrected chi connectivity index (χ1v) is 6.10. The van der Waals surface area contributed by atoms with Crippen LogP contribution in [0.2, 0.25) is 0 Å². The summed E-state index contributed by atoms with van der Waals surface area (Å²) in [6.07, 6.45) is 0. The minimum absolute atomic E-state index is 0.348. The van der Waals surface area contributed by atoms with E-state index >= 15 is 0 Å². The first-order chi connectivity index (χ1) is 6.83. The van der Waals surface area contributed by atoms with Gasteiger partial charge in [0.2, 0.25) is 5.91 Å². The number of nitrogens with zero attached hydrogens (tertiary/aromatic N) is 1. The second-order valence-corrected chi connectivity index (χ2v) is 5.68. The molecule has 1 rings (SSSR count). The number of aliphatic imine (C=N–C) groups is 1. The second kappa shape index (κ2) is 4.43. The Balaban J connectivity index is 2.61. The lowest BCUT2D eigenvalue weighted by Gasteiger charge is -2.22.